The van der Waals surface area contributed by atoms with Crippen LogP contribution in [0.15, 0.2) is 6.33 Å². The Labute approximate surface area is 116 Å². The lowest BCUT2D eigenvalue weighted by Gasteiger charge is -2.33. The summed E-state index contributed by atoms with van der Waals surface area (Å²) in [6.07, 6.45) is 4.90. The second-order valence-electron chi connectivity index (χ2n) is 6.49. The van der Waals surface area contributed by atoms with E-state index in [0.29, 0.717) is 16.8 Å². The highest BCUT2D eigenvalue weighted by atomic mass is 32.1. The molecule has 0 saturated heterocycles. The molecule has 2 heterocycles. The van der Waals surface area contributed by atoms with Crippen LogP contribution in [0, 0.1) is 16.7 Å². The fraction of sp³-hybridized carbons (Fsp3) is 0.571. The number of nitrogen functional groups attached to an aromatic ring is 1. The van der Waals surface area contributed by atoms with Gasteiger partial charge in [-0.3, -0.25) is 5.41 Å². The first-order valence-corrected chi connectivity index (χ1v) is 7.51. The lowest BCUT2D eigenvalue weighted by molar-refractivity contribution is 0.218. The smallest absolute Gasteiger partial charge is 0.155 e. The van der Waals surface area contributed by atoms with Gasteiger partial charge in [-0.05, 0) is 36.2 Å². The molecule has 0 radical (unpaired) electrons. The number of fused-ring (bicyclic) bond motifs is 3. The summed E-state index contributed by atoms with van der Waals surface area (Å²) in [4.78, 5) is 6.74. The van der Waals surface area contributed by atoms with Crippen molar-refractivity contribution in [1.29, 1.82) is 5.41 Å². The zero-order chi connectivity index (χ0) is 13.8. The predicted octanol–water partition coefficient (Wildman–Crippen LogP) is 2.44. The van der Waals surface area contributed by atoms with Crippen molar-refractivity contribution < 1.29 is 0 Å². The number of aromatic nitrogens is 2. The molecule has 19 heavy (non-hydrogen) atoms. The van der Waals surface area contributed by atoms with E-state index < -0.39 is 0 Å². The van der Waals surface area contributed by atoms with Crippen molar-refractivity contribution in [2.45, 2.75) is 40.0 Å². The highest BCUT2D eigenvalue weighted by molar-refractivity contribution is 7.18. The summed E-state index contributed by atoms with van der Waals surface area (Å²) in [7, 11) is 0. The molecule has 3 rings (SSSR count). The number of thiophene rings is 1. The van der Waals surface area contributed by atoms with Crippen LogP contribution in [0.2, 0.25) is 0 Å². The molecular formula is C14H20N4S. The van der Waals surface area contributed by atoms with Crippen LogP contribution in [0.4, 0.5) is 0 Å². The lowest BCUT2D eigenvalue weighted by Crippen LogP contribution is -2.29. The number of nitrogens with two attached hydrogens (primary N) is 1. The molecule has 1 aliphatic rings. The van der Waals surface area contributed by atoms with E-state index in [4.69, 9.17) is 11.3 Å². The van der Waals surface area contributed by atoms with Crippen LogP contribution in [-0.2, 0) is 12.8 Å². The Balaban J connectivity index is 2.14. The average molecular weight is 276 g/mol. The summed E-state index contributed by atoms with van der Waals surface area (Å²) < 4.78 is 1.31. The summed E-state index contributed by atoms with van der Waals surface area (Å²) in [6, 6.07) is 0. The third-order valence-electron chi connectivity index (χ3n) is 4.27. The molecule has 2 aromatic rings. The summed E-state index contributed by atoms with van der Waals surface area (Å²) in [5.41, 5.74) is 2.05. The topological polar surface area (TPSA) is 67.7 Å². The minimum absolute atomic E-state index is 0.346. The van der Waals surface area contributed by atoms with Gasteiger partial charge in [0.15, 0.2) is 5.49 Å². The van der Waals surface area contributed by atoms with Gasteiger partial charge in [0.2, 0.25) is 0 Å². The minimum atomic E-state index is 0.346. The monoisotopic (exact) mass is 276 g/mol. The van der Waals surface area contributed by atoms with E-state index in [-0.39, 0.29) is 0 Å². The molecule has 5 heteroatoms. The number of nitrogens with one attached hydrogen (secondary N) is 1. The highest BCUT2D eigenvalue weighted by Crippen LogP contribution is 2.41. The molecule has 0 saturated carbocycles. The third kappa shape index (κ3) is 1.96. The van der Waals surface area contributed by atoms with E-state index >= 15 is 0 Å². The summed E-state index contributed by atoms with van der Waals surface area (Å²) >= 11 is 1.74. The standard InChI is InChI=1S/C14H20N4S/c1-14(2,3)8-4-5-9-10(6-8)19-13-11(9)12(15)18(16)7-17-13/h7-8,15H,4-6,16H2,1-3H3/t8-/m1/s1. The Hall–Kier alpha value is -1.36. The third-order valence-corrected chi connectivity index (χ3v) is 5.43. The van der Waals surface area contributed by atoms with Gasteiger partial charge < -0.3 is 5.84 Å². The van der Waals surface area contributed by atoms with Gasteiger partial charge in [-0.1, -0.05) is 20.8 Å². The van der Waals surface area contributed by atoms with E-state index in [2.05, 4.69) is 25.8 Å². The summed E-state index contributed by atoms with van der Waals surface area (Å²) in [5, 5.41) is 9.09. The van der Waals surface area contributed by atoms with Crippen molar-refractivity contribution in [3.8, 4) is 0 Å². The molecule has 0 bridgehead atoms. The van der Waals surface area contributed by atoms with E-state index in [1.807, 2.05) is 0 Å². The van der Waals surface area contributed by atoms with Gasteiger partial charge in [0, 0.05) is 4.88 Å². The van der Waals surface area contributed by atoms with E-state index in [1.165, 1.54) is 27.9 Å². The first kappa shape index (κ1) is 12.7. The van der Waals surface area contributed by atoms with Crippen molar-refractivity contribution in [2.75, 3.05) is 5.84 Å². The predicted molar refractivity (Wildman–Crippen MR) is 78.6 cm³/mol. The molecule has 3 N–H and O–H groups in total. The number of hydrogen-bond donors (Lipinski definition) is 2. The van der Waals surface area contributed by atoms with Crippen LogP contribution in [0.5, 0.6) is 0 Å². The SMILES string of the molecule is CC(C)(C)[C@@H]1CCc2c(sc3ncn(N)c(=N)c23)C1. The fourth-order valence-corrected chi connectivity index (χ4v) is 4.21. The Bertz CT molecular complexity index is 690. The molecule has 0 amide bonds. The molecule has 2 aromatic heterocycles. The molecule has 4 nitrogen and oxygen atoms in total. The molecule has 0 aliphatic heterocycles. The van der Waals surface area contributed by atoms with E-state index in [1.54, 1.807) is 11.3 Å². The van der Waals surface area contributed by atoms with Gasteiger partial charge >= 0.3 is 0 Å². The molecule has 0 unspecified atom stereocenters. The highest BCUT2D eigenvalue weighted by Gasteiger charge is 2.31. The molecule has 0 spiro atoms. The average Bonchev–Trinajstić information content (AvgIpc) is 2.70. The van der Waals surface area contributed by atoms with Gasteiger partial charge in [0.05, 0.1) is 5.39 Å². The summed E-state index contributed by atoms with van der Waals surface area (Å²) in [6.45, 7) is 6.95. The maximum atomic E-state index is 8.12. The molecule has 0 fully saturated rings. The zero-order valence-corrected chi connectivity index (χ0v) is 12.5. The largest absolute Gasteiger partial charge is 0.336 e. The molecule has 102 valence electrons. The van der Waals surface area contributed by atoms with E-state index in [9.17, 15) is 0 Å². The van der Waals surface area contributed by atoms with Crippen molar-refractivity contribution in [2.24, 2.45) is 11.3 Å². The molecule has 1 aliphatic carbocycles. The Morgan fingerprint density at radius 2 is 2.21 bits per heavy atom. The Kier molecular flexibility index (Phi) is 2.71. The van der Waals surface area contributed by atoms with Crippen LogP contribution < -0.4 is 11.3 Å². The number of aryl methyl sites for hydroxylation is 1. The Morgan fingerprint density at radius 1 is 1.47 bits per heavy atom. The molecular weight excluding hydrogens is 256 g/mol. The minimum Gasteiger partial charge on any atom is -0.336 e. The van der Waals surface area contributed by atoms with Crippen LogP contribution in [0.1, 0.15) is 37.6 Å². The maximum Gasteiger partial charge on any atom is 0.155 e. The van der Waals surface area contributed by atoms with E-state index in [0.717, 1.165) is 23.1 Å². The molecule has 0 aromatic carbocycles. The van der Waals surface area contributed by atoms with Gasteiger partial charge in [-0.25, -0.2) is 9.66 Å². The first-order chi connectivity index (χ1) is 8.88. The van der Waals surface area contributed by atoms with Crippen molar-refractivity contribution in [3.63, 3.8) is 0 Å². The fourth-order valence-electron chi connectivity index (χ4n) is 2.95. The zero-order valence-electron chi connectivity index (χ0n) is 11.7. The number of nitrogens with zero attached hydrogens (tertiary/aromatic N) is 2. The van der Waals surface area contributed by atoms with Gasteiger partial charge in [-0.2, -0.15) is 0 Å². The normalized spacial score (nSPS) is 19.6. The second-order valence-corrected chi connectivity index (χ2v) is 7.57. The van der Waals surface area contributed by atoms with Crippen LogP contribution in [0.25, 0.3) is 10.2 Å². The lowest BCUT2D eigenvalue weighted by atomic mass is 9.72. The second kappa shape index (κ2) is 4.07. The van der Waals surface area contributed by atoms with Gasteiger partial charge in [-0.15, -0.1) is 11.3 Å². The van der Waals surface area contributed by atoms with Crippen LogP contribution in [-0.4, -0.2) is 9.66 Å². The Morgan fingerprint density at radius 3 is 2.89 bits per heavy atom. The quantitative estimate of drug-likeness (QED) is 0.726. The number of rotatable bonds is 0. The van der Waals surface area contributed by atoms with Gasteiger partial charge in [0.25, 0.3) is 0 Å². The van der Waals surface area contributed by atoms with Gasteiger partial charge in [0.1, 0.15) is 11.2 Å². The first-order valence-electron chi connectivity index (χ1n) is 6.69. The molecule has 1 atom stereocenters. The maximum absolute atomic E-state index is 8.12. The van der Waals surface area contributed by atoms with Crippen LogP contribution in [0.3, 0.4) is 0 Å². The number of hydrogen-bond acceptors (Lipinski definition) is 4. The van der Waals surface area contributed by atoms with Crippen molar-refractivity contribution in [3.05, 3.63) is 22.3 Å². The van der Waals surface area contributed by atoms with Crippen LogP contribution >= 0.6 is 11.3 Å². The van der Waals surface area contributed by atoms with Crippen molar-refractivity contribution >= 4 is 21.6 Å². The van der Waals surface area contributed by atoms with Crippen molar-refractivity contribution in [1.82, 2.24) is 9.66 Å². The summed E-state index contributed by atoms with van der Waals surface area (Å²) in [5.74, 6) is 6.46.